The summed E-state index contributed by atoms with van der Waals surface area (Å²) in [6.07, 6.45) is 4.22. The molecule has 1 fully saturated rings. The Morgan fingerprint density at radius 1 is 1.25 bits per heavy atom. The highest BCUT2D eigenvalue weighted by Crippen LogP contribution is 2.51. The van der Waals surface area contributed by atoms with Crippen LogP contribution in [-0.4, -0.2) is 45.9 Å². The van der Waals surface area contributed by atoms with Gasteiger partial charge in [-0.2, -0.15) is 12.7 Å². The molecule has 120 valence electrons. The Balaban J connectivity index is 2.29. The number of nitrogens with one attached hydrogen (secondary N) is 2. The Labute approximate surface area is 124 Å². The van der Waals surface area contributed by atoms with E-state index in [0.29, 0.717) is 19.0 Å². The molecule has 1 aliphatic rings. The zero-order valence-corrected chi connectivity index (χ0v) is 14.2. The van der Waals surface area contributed by atoms with Crippen molar-refractivity contribution in [3.8, 4) is 0 Å². The second kappa shape index (κ2) is 7.73. The average molecular weight is 305 g/mol. The molecule has 5 nitrogen and oxygen atoms in total. The lowest BCUT2D eigenvalue weighted by molar-refractivity contribution is 0.351. The van der Waals surface area contributed by atoms with Gasteiger partial charge in [0.05, 0.1) is 0 Å². The minimum absolute atomic E-state index is 0.205. The number of rotatable bonds is 11. The van der Waals surface area contributed by atoms with Crippen LogP contribution in [0, 0.1) is 11.3 Å². The lowest BCUT2D eigenvalue weighted by Gasteiger charge is -2.23. The van der Waals surface area contributed by atoms with Crippen LogP contribution in [0.4, 0.5) is 0 Å². The zero-order valence-electron chi connectivity index (χ0n) is 13.4. The Morgan fingerprint density at radius 2 is 1.90 bits per heavy atom. The Morgan fingerprint density at radius 3 is 2.40 bits per heavy atom. The van der Waals surface area contributed by atoms with E-state index in [1.54, 1.807) is 7.05 Å². The first kappa shape index (κ1) is 17.9. The lowest BCUT2D eigenvalue weighted by atomic mass is 9.93. The van der Waals surface area contributed by atoms with E-state index >= 15 is 0 Å². The highest BCUT2D eigenvalue weighted by molar-refractivity contribution is 7.87. The first-order chi connectivity index (χ1) is 9.34. The first-order valence-electron chi connectivity index (χ1n) is 7.76. The van der Waals surface area contributed by atoms with Crippen LogP contribution in [0.3, 0.4) is 0 Å². The van der Waals surface area contributed by atoms with Gasteiger partial charge in [0.25, 0.3) is 10.2 Å². The molecule has 0 aromatic rings. The van der Waals surface area contributed by atoms with Crippen molar-refractivity contribution in [2.24, 2.45) is 11.3 Å². The summed E-state index contributed by atoms with van der Waals surface area (Å²) < 4.78 is 28.5. The SMILES string of the molecule is CCCNCCCN(C)S(=O)(=O)NCC1(C(C)C)CC1. The molecule has 2 N–H and O–H groups in total. The first-order valence-corrected chi connectivity index (χ1v) is 9.20. The molecule has 1 saturated carbocycles. The van der Waals surface area contributed by atoms with Crippen LogP contribution in [-0.2, 0) is 10.2 Å². The van der Waals surface area contributed by atoms with Gasteiger partial charge in [0.15, 0.2) is 0 Å². The van der Waals surface area contributed by atoms with Crippen LogP contribution in [0.5, 0.6) is 0 Å². The fourth-order valence-corrected chi connectivity index (χ4v) is 3.37. The summed E-state index contributed by atoms with van der Waals surface area (Å²) in [5.41, 5.74) is 0.205. The maximum Gasteiger partial charge on any atom is 0.279 e. The van der Waals surface area contributed by atoms with Crippen LogP contribution in [0.15, 0.2) is 0 Å². The van der Waals surface area contributed by atoms with Crippen molar-refractivity contribution in [3.05, 3.63) is 0 Å². The van der Waals surface area contributed by atoms with Crippen LogP contribution >= 0.6 is 0 Å². The minimum atomic E-state index is -3.32. The molecule has 0 aromatic carbocycles. The Hall–Kier alpha value is -0.170. The smallest absolute Gasteiger partial charge is 0.279 e. The minimum Gasteiger partial charge on any atom is -0.317 e. The third-order valence-corrected chi connectivity index (χ3v) is 5.90. The fourth-order valence-electron chi connectivity index (χ4n) is 2.31. The summed E-state index contributed by atoms with van der Waals surface area (Å²) in [4.78, 5) is 0. The molecule has 0 aromatic heterocycles. The van der Waals surface area contributed by atoms with E-state index in [9.17, 15) is 8.42 Å². The van der Waals surface area contributed by atoms with Gasteiger partial charge < -0.3 is 5.32 Å². The van der Waals surface area contributed by atoms with Crippen molar-refractivity contribution < 1.29 is 8.42 Å². The van der Waals surface area contributed by atoms with E-state index in [1.807, 2.05) is 0 Å². The molecule has 0 atom stereocenters. The maximum atomic E-state index is 12.1. The molecule has 0 bridgehead atoms. The van der Waals surface area contributed by atoms with Gasteiger partial charge in [-0.25, -0.2) is 4.72 Å². The third-order valence-electron chi connectivity index (χ3n) is 4.39. The van der Waals surface area contributed by atoms with Gasteiger partial charge in [-0.3, -0.25) is 0 Å². The summed E-state index contributed by atoms with van der Waals surface area (Å²) >= 11 is 0. The Kier molecular flexibility index (Phi) is 6.91. The summed E-state index contributed by atoms with van der Waals surface area (Å²) in [5, 5.41) is 3.28. The van der Waals surface area contributed by atoms with Gasteiger partial charge >= 0.3 is 0 Å². The molecule has 6 heteroatoms. The van der Waals surface area contributed by atoms with E-state index in [-0.39, 0.29) is 5.41 Å². The van der Waals surface area contributed by atoms with Crippen molar-refractivity contribution in [1.82, 2.24) is 14.3 Å². The van der Waals surface area contributed by atoms with Gasteiger partial charge in [-0.1, -0.05) is 20.8 Å². The van der Waals surface area contributed by atoms with Crippen LogP contribution in [0.25, 0.3) is 0 Å². The van der Waals surface area contributed by atoms with E-state index in [2.05, 4.69) is 30.8 Å². The van der Waals surface area contributed by atoms with E-state index in [0.717, 1.165) is 38.8 Å². The van der Waals surface area contributed by atoms with Crippen LogP contribution in [0.1, 0.15) is 46.5 Å². The summed E-state index contributed by atoms with van der Waals surface area (Å²) in [6, 6.07) is 0. The molecular weight excluding hydrogens is 274 g/mol. The molecular formula is C14H31N3O2S. The van der Waals surface area contributed by atoms with Crippen molar-refractivity contribution in [3.63, 3.8) is 0 Å². The largest absolute Gasteiger partial charge is 0.317 e. The van der Waals surface area contributed by atoms with Gasteiger partial charge in [0.1, 0.15) is 0 Å². The molecule has 1 aliphatic carbocycles. The summed E-state index contributed by atoms with van der Waals surface area (Å²) in [6.45, 7) is 9.45. The quantitative estimate of drug-likeness (QED) is 0.570. The summed E-state index contributed by atoms with van der Waals surface area (Å²) in [7, 11) is -1.67. The zero-order chi connectivity index (χ0) is 15.2. The molecule has 0 aliphatic heterocycles. The fraction of sp³-hybridized carbons (Fsp3) is 1.00. The van der Waals surface area contributed by atoms with Gasteiger partial charge in [0.2, 0.25) is 0 Å². The van der Waals surface area contributed by atoms with Crippen LogP contribution < -0.4 is 10.0 Å². The Bertz CT molecular complexity index is 378. The topological polar surface area (TPSA) is 61.4 Å². The predicted molar refractivity (Wildman–Crippen MR) is 83.8 cm³/mol. The summed E-state index contributed by atoms with van der Waals surface area (Å²) in [5.74, 6) is 0.536. The van der Waals surface area contributed by atoms with Gasteiger partial charge in [-0.15, -0.1) is 0 Å². The highest BCUT2D eigenvalue weighted by Gasteiger charge is 2.45. The standard InChI is InChI=1S/C14H31N3O2S/c1-5-9-15-10-6-11-17(4)20(18,19)16-12-14(7-8-14)13(2)3/h13,15-16H,5-12H2,1-4H3. The van der Waals surface area contributed by atoms with Crippen molar-refractivity contribution in [1.29, 1.82) is 0 Å². The van der Waals surface area contributed by atoms with E-state index in [4.69, 9.17) is 0 Å². The molecule has 0 amide bonds. The normalized spacial score (nSPS) is 17.9. The number of hydrogen-bond donors (Lipinski definition) is 2. The predicted octanol–water partition coefficient (Wildman–Crippen LogP) is 1.58. The van der Waals surface area contributed by atoms with Gasteiger partial charge in [0, 0.05) is 20.1 Å². The van der Waals surface area contributed by atoms with Crippen LogP contribution in [0.2, 0.25) is 0 Å². The van der Waals surface area contributed by atoms with Gasteiger partial charge in [-0.05, 0) is 50.1 Å². The molecule has 0 radical (unpaired) electrons. The highest BCUT2D eigenvalue weighted by atomic mass is 32.2. The van der Waals surface area contributed by atoms with Crippen molar-refractivity contribution in [2.75, 3.05) is 33.2 Å². The van der Waals surface area contributed by atoms with Crippen molar-refractivity contribution >= 4 is 10.2 Å². The molecule has 0 heterocycles. The molecule has 20 heavy (non-hydrogen) atoms. The third kappa shape index (κ3) is 5.31. The second-order valence-corrected chi connectivity index (χ2v) is 8.13. The molecule has 0 unspecified atom stereocenters. The monoisotopic (exact) mass is 305 g/mol. The number of hydrogen-bond acceptors (Lipinski definition) is 3. The maximum absolute atomic E-state index is 12.1. The van der Waals surface area contributed by atoms with Crippen molar-refractivity contribution in [2.45, 2.75) is 46.5 Å². The molecule has 0 spiro atoms. The molecule has 0 saturated heterocycles. The average Bonchev–Trinajstić information content (AvgIpc) is 3.17. The second-order valence-electron chi connectivity index (χ2n) is 6.27. The lowest BCUT2D eigenvalue weighted by Crippen LogP contribution is -2.42. The molecule has 1 rings (SSSR count). The van der Waals surface area contributed by atoms with E-state index in [1.165, 1.54) is 4.31 Å². The number of nitrogens with zero attached hydrogens (tertiary/aromatic N) is 1. The van der Waals surface area contributed by atoms with E-state index < -0.39 is 10.2 Å².